The number of imidazole rings is 1. The molecule has 0 aliphatic carbocycles. The zero-order valence-corrected chi connectivity index (χ0v) is 11.9. The number of nitrogens with zero attached hydrogens (tertiary/aromatic N) is 3. The van der Waals surface area contributed by atoms with Gasteiger partial charge in [-0.2, -0.15) is 4.98 Å². The number of nitrogen functional groups attached to an aromatic ring is 1. The molecule has 0 saturated heterocycles. The Kier molecular flexibility index (Phi) is 3.34. The highest BCUT2D eigenvalue weighted by atomic mass is 16.1. The van der Waals surface area contributed by atoms with Crippen LogP contribution in [0.1, 0.15) is 34.1 Å². The SMILES string of the molecule is C[C@H](Cn1cnc2c(=O)[nH]c(N)nc21)CC(C)(C)C. The first-order valence-corrected chi connectivity index (χ1v) is 6.47. The molecule has 2 rings (SSSR count). The third kappa shape index (κ3) is 3.13. The summed E-state index contributed by atoms with van der Waals surface area (Å²) in [7, 11) is 0. The molecule has 0 aliphatic heterocycles. The first kappa shape index (κ1) is 13.6. The van der Waals surface area contributed by atoms with Crippen LogP contribution in [0, 0.1) is 11.3 Å². The molecular weight excluding hydrogens is 242 g/mol. The fourth-order valence-corrected chi connectivity index (χ4v) is 2.55. The monoisotopic (exact) mass is 263 g/mol. The first-order valence-electron chi connectivity index (χ1n) is 6.47. The molecule has 19 heavy (non-hydrogen) atoms. The van der Waals surface area contributed by atoms with Crippen molar-refractivity contribution in [3.05, 3.63) is 16.7 Å². The molecule has 0 aromatic carbocycles. The van der Waals surface area contributed by atoms with Crippen LogP contribution in [-0.2, 0) is 6.54 Å². The van der Waals surface area contributed by atoms with Gasteiger partial charge in [-0.1, -0.05) is 27.7 Å². The van der Waals surface area contributed by atoms with Gasteiger partial charge in [0.2, 0.25) is 5.95 Å². The summed E-state index contributed by atoms with van der Waals surface area (Å²) < 4.78 is 1.90. The van der Waals surface area contributed by atoms with Gasteiger partial charge in [0.1, 0.15) is 0 Å². The van der Waals surface area contributed by atoms with E-state index in [0.29, 0.717) is 17.1 Å². The summed E-state index contributed by atoms with van der Waals surface area (Å²) in [5.74, 6) is 0.599. The summed E-state index contributed by atoms with van der Waals surface area (Å²) in [4.78, 5) is 22.4. The zero-order chi connectivity index (χ0) is 14.2. The van der Waals surface area contributed by atoms with Crippen LogP contribution >= 0.6 is 0 Å². The largest absolute Gasteiger partial charge is 0.369 e. The highest BCUT2D eigenvalue weighted by Gasteiger charge is 2.17. The lowest BCUT2D eigenvalue weighted by atomic mass is 9.85. The van der Waals surface area contributed by atoms with Crippen molar-refractivity contribution < 1.29 is 0 Å². The van der Waals surface area contributed by atoms with E-state index >= 15 is 0 Å². The van der Waals surface area contributed by atoms with E-state index in [1.165, 1.54) is 0 Å². The van der Waals surface area contributed by atoms with E-state index in [0.717, 1.165) is 13.0 Å². The number of aromatic amines is 1. The van der Waals surface area contributed by atoms with E-state index in [4.69, 9.17) is 5.73 Å². The molecule has 0 saturated carbocycles. The number of hydrogen-bond donors (Lipinski definition) is 2. The lowest BCUT2D eigenvalue weighted by Crippen LogP contribution is -2.17. The molecule has 0 amide bonds. The molecule has 0 aliphatic rings. The summed E-state index contributed by atoms with van der Waals surface area (Å²) in [5, 5.41) is 0. The van der Waals surface area contributed by atoms with Crippen LogP contribution in [0.25, 0.3) is 11.2 Å². The molecule has 0 fully saturated rings. The zero-order valence-electron chi connectivity index (χ0n) is 11.9. The van der Waals surface area contributed by atoms with Crippen molar-refractivity contribution in [2.24, 2.45) is 11.3 Å². The van der Waals surface area contributed by atoms with Crippen molar-refractivity contribution >= 4 is 17.1 Å². The Labute approximate surface area is 112 Å². The summed E-state index contributed by atoms with van der Waals surface area (Å²) in [6.07, 6.45) is 2.75. The van der Waals surface area contributed by atoms with Gasteiger partial charge in [0.25, 0.3) is 5.56 Å². The Bertz CT molecular complexity index is 635. The normalized spacial score (nSPS) is 13.9. The van der Waals surface area contributed by atoms with Crippen LogP contribution < -0.4 is 11.3 Å². The average Bonchev–Trinajstić information content (AvgIpc) is 2.58. The molecule has 6 heteroatoms. The Morgan fingerprint density at radius 2 is 2.16 bits per heavy atom. The van der Waals surface area contributed by atoms with E-state index in [9.17, 15) is 4.79 Å². The topological polar surface area (TPSA) is 89.6 Å². The van der Waals surface area contributed by atoms with Crippen LogP contribution in [-0.4, -0.2) is 19.5 Å². The fraction of sp³-hybridized carbons (Fsp3) is 0.615. The van der Waals surface area contributed by atoms with Gasteiger partial charge in [-0.25, -0.2) is 4.98 Å². The van der Waals surface area contributed by atoms with Crippen LogP contribution in [0.4, 0.5) is 5.95 Å². The van der Waals surface area contributed by atoms with Gasteiger partial charge in [0.05, 0.1) is 6.33 Å². The molecule has 1 atom stereocenters. The second-order valence-electron chi connectivity index (χ2n) is 6.39. The van der Waals surface area contributed by atoms with Crippen molar-refractivity contribution in [3.8, 4) is 0 Å². The molecular formula is C13H21N5O. The maximum absolute atomic E-state index is 11.7. The standard InChI is InChI=1S/C13H21N5O/c1-8(5-13(2,3)4)6-18-7-15-9-10(18)16-12(14)17-11(9)19/h7-8H,5-6H2,1-4H3,(H3,14,16,17,19)/t8-/m0/s1. The van der Waals surface area contributed by atoms with E-state index in [2.05, 4.69) is 42.6 Å². The Hall–Kier alpha value is -1.85. The molecule has 0 unspecified atom stereocenters. The van der Waals surface area contributed by atoms with Crippen molar-refractivity contribution in [2.45, 2.75) is 40.7 Å². The quantitative estimate of drug-likeness (QED) is 0.883. The predicted octanol–water partition coefficient (Wildman–Crippen LogP) is 1.77. The van der Waals surface area contributed by atoms with Crippen LogP contribution in [0.15, 0.2) is 11.1 Å². The molecule has 104 valence electrons. The third-order valence-electron chi connectivity index (χ3n) is 2.96. The Balaban J connectivity index is 2.29. The Morgan fingerprint density at radius 1 is 1.47 bits per heavy atom. The Morgan fingerprint density at radius 3 is 2.79 bits per heavy atom. The molecule has 0 spiro atoms. The molecule has 2 aromatic rings. The summed E-state index contributed by atoms with van der Waals surface area (Å²) in [6.45, 7) is 9.63. The van der Waals surface area contributed by atoms with E-state index in [1.807, 2.05) is 4.57 Å². The second-order valence-corrected chi connectivity index (χ2v) is 6.39. The van der Waals surface area contributed by atoms with Crippen molar-refractivity contribution in [1.29, 1.82) is 0 Å². The van der Waals surface area contributed by atoms with Crippen molar-refractivity contribution in [2.75, 3.05) is 5.73 Å². The molecule has 6 nitrogen and oxygen atoms in total. The third-order valence-corrected chi connectivity index (χ3v) is 2.96. The van der Waals surface area contributed by atoms with Gasteiger partial charge in [-0.3, -0.25) is 9.78 Å². The summed E-state index contributed by atoms with van der Waals surface area (Å²) in [5.41, 5.74) is 6.47. The molecule has 0 radical (unpaired) electrons. The molecule has 0 bridgehead atoms. The minimum Gasteiger partial charge on any atom is -0.369 e. The van der Waals surface area contributed by atoms with Crippen molar-refractivity contribution in [3.63, 3.8) is 0 Å². The molecule has 3 N–H and O–H groups in total. The van der Waals surface area contributed by atoms with Gasteiger partial charge in [-0.05, 0) is 17.8 Å². The minimum atomic E-state index is -0.287. The van der Waals surface area contributed by atoms with E-state index in [1.54, 1.807) is 6.33 Å². The second kappa shape index (κ2) is 4.68. The van der Waals surface area contributed by atoms with Crippen LogP contribution in [0.3, 0.4) is 0 Å². The fourth-order valence-electron chi connectivity index (χ4n) is 2.55. The lowest BCUT2D eigenvalue weighted by Gasteiger charge is -2.23. The smallest absolute Gasteiger partial charge is 0.280 e. The highest BCUT2D eigenvalue weighted by Crippen LogP contribution is 2.25. The number of hydrogen-bond acceptors (Lipinski definition) is 4. The maximum Gasteiger partial charge on any atom is 0.280 e. The number of nitrogens with one attached hydrogen (secondary N) is 1. The van der Waals surface area contributed by atoms with Gasteiger partial charge in [-0.15, -0.1) is 0 Å². The van der Waals surface area contributed by atoms with Gasteiger partial charge < -0.3 is 10.3 Å². The molecule has 2 aromatic heterocycles. The highest BCUT2D eigenvalue weighted by molar-refractivity contribution is 5.70. The number of rotatable bonds is 3. The minimum absolute atomic E-state index is 0.128. The predicted molar refractivity (Wildman–Crippen MR) is 75.8 cm³/mol. The van der Waals surface area contributed by atoms with Crippen molar-refractivity contribution in [1.82, 2.24) is 19.5 Å². The van der Waals surface area contributed by atoms with Gasteiger partial charge in [0, 0.05) is 6.54 Å². The summed E-state index contributed by atoms with van der Waals surface area (Å²) >= 11 is 0. The maximum atomic E-state index is 11.7. The van der Waals surface area contributed by atoms with Gasteiger partial charge >= 0.3 is 0 Å². The number of nitrogens with two attached hydrogens (primary N) is 1. The number of fused-ring (bicyclic) bond motifs is 1. The number of H-pyrrole nitrogens is 1. The van der Waals surface area contributed by atoms with E-state index < -0.39 is 0 Å². The van der Waals surface area contributed by atoms with Gasteiger partial charge in [0.15, 0.2) is 11.2 Å². The molecule has 2 heterocycles. The summed E-state index contributed by atoms with van der Waals surface area (Å²) in [6, 6.07) is 0. The lowest BCUT2D eigenvalue weighted by molar-refractivity contribution is 0.287. The van der Waals surface area contributed by atoms with Crippen LogP contribution in [0.5, 0.6) is 0 Å². The average molecular weight is 263 g/mol. The van der Waals surface area contributed by atoms with E-state index in [-0.39, 0.29) is 16.9 Å². The van der Waals surface area contributed by atoms with Crippen LogP contribution in [0.2, 0.25) is 0 Å². The first-order chi connectivity index (χ1) is 8.76. The number of anilines is 1. The number of aromatic nitrogens is 4.